The van der Waals surface area contributed by atoms with Crippen LogP contribution in [0.15, 0.2) is 24.3 Å². The van der Waals surface area contributed by atoms with E-state index in [1.165, 1.54) is 5.56 Å². The number of aromatic hydroxyl groups is 1. The van der Waals surface area contributed by atoms with E-state index in [4.69, 9.17) is 4.74 Å². The summed E-state index contributed by atoms with van der Waals surface area (Å²) >= 11 is 0. The predicted octanol–water partition coefficient (Wildman–Crippen LogP) is 2.97. The molecule has 5 nitrogen and oxygen atoms in total. The van der Waals surface area contributed by atoms with Crippen LogP contribution in [0.25, 0.3) is 0 Å². The van der Waals surface area contributed by atoms with Crippen molar-refractivity contribution < 1.29 is 14.6 Å². The lowest BCUT2D eigenvalue weighted by molar-refractivity contribution is 0.0463. The molecule has 1 amide bonds. The fourth-order valence-electron chi connectivity index (χ4n) is 2.79. The topological polar surface area (TPSA) is 70.6 Å². The maximum atomic E-state index is 11.7. The highest BCUT2D eigenvalue weighted by Gasteiger charge is 2.32. The van der Waals surface area contributed by atoms with E-state index in [9.17, 15) is 9.90 Å². The van der Waals surface area contributed by atoms with Crippen molar-refractivity contribution in [3.63, 3.8) is 0 Å². The second kappa shape index (κ2) is 7.21. The van der Waals surface area contributed by atoms with E-state index in [2.05, 4.69) is 17.6 Å². The highest BCUT2D eigenvalue weighted by Crippen LogP contribution is 2.22. The van der Waals surface area contributed by atoms with Crippen molar-refractivity contribution >= 4 is 6.09 Å². The van der Waals surface area contributed by atoms with Gasteiger partial charge in [0, 0.05) is 18.1 Å². The Bertz CT molecular complexity index is 516. The molecule has 2 rings (SSSR count). The second-order valence-corrected chi connectivity index (χ2v) is 7.45. The summed E-state index contributed by atoms with van der Waals surface area (Å²) in [5.41, 5.74) is 0.745. The van der Waals surface area contributed by atoms with Crippen LogP contribution >= 0.6 is 0 Å². The minimum absolute atomic E-state index is 0.197. The smallest absolute Gasteiger partial charge is 0.407 e. The summed E-state index contributed by atoms with van der Waals surface area (Å²) in [5.74, 6) is 0.296. The third kappa shape index (κ3) is 6.10. The molecule has 128 valence electrons. The molecule has 0 aliphatic heterocycles. The zero-order valence-corrected chi connectivity index (χ0v) is 14.4. The lowest BCUT2D eigenvalue weighted by Gasteiger charge is -2.38. The van der Waals surface area contributed by atoms with Crippen LogP contribution < -0.4 is 10.6 Å². The Morgan fingerprint density at radius 1 is 1.26 bits per heavy atom. The molecule has 1 aromatic rings. The summed E-state index contributed by atoms with van der Waals surface area (Å²) in [7, 11) is 0. The first-order chi connectivity index (χ1) is 10.7. The summed E-state index contributed by atoms with van der Waals surface area (Å²) < 4.78 is 5.26. The highest BCUT2D eigenvalue weighted by molar-refractivity contribution is 5.68. The van der Waals surface area contributed by atoms with Crippen LogP contribution in [0.5, 0.6) is 5.75 Å². The molecule has 0 aromatic heterocycles. The summed E-state index contributed by atoms with van der Waals surface area (Å²) in [6.45, 7) is 7.75. The molecule has 0 saturated heterocycles. The summed E-state index contributed by atoms with van der Waals surface area (Å²) in [6, 6.07) is 8.30. The molecule has 1 aliphatic rings. The van der Waals surface area contributed by atoms with Crippen LogP contribution in [0.1, 0.15) is 46.1 Å². The lowest BCUT2D eigenvalue weighted by Crippen LogP contribution is -2.55. The Kier molecular flexibility index (Phi) is 5.52. The van der Waals surface area contributed by atoms with Crippen molar-refractivity contribution in [1.29, 1.82) is 0 Å². The summed E-state index contributed by atoms with van der Waals surface area (Å²) in [6.07, 6.45) is 2.44. The molecule has 0 spiro atoms. The zero-order valence-electron chi connectivity index (χ0n) is 14.4. The molecular formula is C18H28N2O3. The molecule has 0 radical (unpaired) electrons. The number of hydrogen-bond donors (Lipinski definition) is 3. The molecule has 1 fully saturated rings. The largest absolute Gasteiger partial charge is 0.508 e. The van der Waals surface area contributed by atoms with Gasteiger partial charge >= 0.3 is 6.09 Å². The lowest BCUT2D eigenvalue weighted by atomic mass is 9.86. The maximum Gasteiger partial charge on any atom is 0.407 e. The maximum absolute atomic E-state index is 11.7. The average molecular weight is 320 g/mol. The molecule has 0 bridgehead atoms. The van der Waals surface area contributed by atoms with E-state index in [1.807, 2.05) is 32.9 Å². The van der Waals surface area contributed by atoms with E-state index in [0.29, 0.717) is 17.8 Å². The molecule has 1 aromatic carbocycles. The first-order valence-corrected chi connectivity index (χ1v) is 8.25. The van der Waals surface area contributed by atoms with Gasteiger partial charge in [0.05, 0.1) is 0 Å². The number of ether oxygens (including phenoxy) is 1. The van der Waals surface area contributed by atoms with Crippen molar-refractivity contribution in [3.05, 3.63) is 29.8 Å². The van der Waals surface area contributed by atoms with Crippen molar-refractivity contribution in [1.82, 2.24) is 10.6 Å². The number of rotatable bonds is 5. The number of phenolic OH excluding ortho intramolecular Hbond substituents is 1. The Morgan fingerprint density at radius 2 is 1.87 bits per heavy atom. The van der Waals surface area contributed by atoms with Crippen LogP contribution in [-0.4, -0.2) is 34.9 Å². The van der Waals surface area contributed by atoms with Crippen molar-refractivity contribution in [2.24, 2.45) is 0 Å². The van der Waals surface area contributed by atoms with Crippen LogP contribution in [0.4, 0.5) is 4.79 Å². The van der Waals surface area contributed by atoms with E-state index >= 15 is 0 Å². The second-order valence-electron chi connectivity index (χ2n) is 7.45. The van der Waals surface area contributed by atoms with E-state index in [0.717, 1.165) is 19.3 Å². The van der Waals surface area contributed by atoms with Crippen molar-refractivity contribution in [2.45, 2.75) is 70.7 Å². The first kappa shape index (κ1) is 17.6. The summed E-state index contributed by atoms with van der Waals surface area (Å²) in [4.78, 5) is 11.7. The molecule has 1 aliphatic carbocycles. The molecule has 23 heavy (non-hydrogen) atoms. The van der Waals surface area contributed by atoms with Gasteiger partial charge in [-0.1, -0.05) is 12.1 Å². The van der Waals surface area contributed by atoms with Crippen LogP contribution in [0.2, 0.25) is 0 Å². The Labute approximate surface area is 138 Å². The third-order valence-electron chi connectivity index (χ3n) is 3.86. The van der Waals surface area contributed by atoms with Gasteiger partial charge in [-0.2, -0.15) is 0 Å². The Morgan fingerprint density at radius 3 is 2.43 bits per heavy atom. The number of carbonyl (C=O) groups excluding carboxylic acids is 1. The Hall–Kier alpha value is -1.75. The first-order valence-electron chi connectivity index (χ1n) is 8.25. The molecule has 1 saturated carbocycles. The predicted molar refractivity (Wildman–Crippen MR) is 90.6 cm³/mol. The van der Waals surface area contributed by atoms with E-state index in [1.54, 1.807) is 12.1 Å². The summed E-state index contributed by atoms with van der Waals surface area (Å²) in [5, 5.41) is 15.8. The number of amides is 1. The van der Waals surface area contributed by atoms with E-state index in [-0.39, 0.29) is 12.1 Å². The molecule has 5 heteroatoms. The van der Waals surface area contributed by atoms with Gasteiger partial charge in [-0.3, -0.25) is 0 Å². The van der Waals surface area contributed by atoms with Gasteiger partial charge in [0.1, 0.15) is 11.4 Å². The monoisotopic (exact) mass is 320 g/mol. The van der Waals surface area contributed by atoms with Crippen molar-refractivity contribution in [2.75, 3.05) is 0 Å². The normalized spacial score (nSPS) is 22.1. The molecule has 1 atom stereocenters. The fourth-order valence-corrected chi connectivity index (χ4v) is 2.79. The van der Waals surface area contributed by atoms with Crippen LogP contribution in [-0.2, 0) is 11.2 Å². The number of alkyl carbamates (subject to hydrolysis) is 1. The minimum Gasteiger partial charge on any atom is -0.508 e. The zero-order chi connectivity index (χ0) is 17.0. The number of nitrogens with one attached hydrogen (secondary N) is 2. The SMILES string of the molecule is CC(Cc1ccc(O)cc1)NC1CC(NC(=O)OC(C)(C)C)C1. The number of benzene rings is 1. The molecule has 0 heterocycles. The average Bonchev–Trinajstić information content (AvgIpc) is 2.37. The third-order valence-corrected chi connectivity index (χ3v) is 3.86. The number of carbonyl (C=O) groups is 1. The van der Waals surface area contributed by atoms with Gasteiger partial charge in [-0.25, -0.2) is 4.79 Å². The van der Waals surface area contributed by atoms with Crippen LogP contribution in [0.3, 0.4) is 0 Å². The van der Waals surface area contributed by atoms with Gasteiger partial charge in [0.25, 0.3) is 0 Å². The molecule has 1 unspecified atom stereocenters. The van der Waals surface area contributed by atoms with Gasteiger partial charge in [-0.05, 0) is 64.7 Å². The highest BCUT2D eigenvalue weighted by atomic mass is 16.6. The molecular weight excluding hydrogens is 292 g/mol. The van der Waals surface area contributed by atoms with Gasteiger partial charge < -0.3 is 20.5 Å². The standard InChI is InChI=1S/C18H28N2O3/c1-12(9-13-5-7-16(21)8-6-13)19-14-10-15(11-14)20-17(22)23-18(2,3)4/h5-8,12,14-15,19,21H,9-11H2,1-4H3,(H,20,22). The minimum atomic E-state index is -0.454. The Balaban J connectivity index is 1.65. The number of phenols is 1. The molecule has 3 N–H and O–H groups in total. The quantitative estimate of drug-likeness (QED) is 0.780. The van der Waals surface area contributed by atoms with E-state index < -0.39 is 5.60 Å². The fraction of sp³-hybridized carbons (Fsp3) is 0.611. The van der Waals surface area contributed by atoms with Gasteiger partial charge in [-0.15, -0.1) is 0 Å². The van der Waals surface area contributed by atoms with Crippen LogP contribution in [0, 0.1) is 0 Å². The van der Waals surface area contributed by atoms with Gasteiger partial charge in [0.2, 0.25) is 0 Å². The van der Waals surface area contributed by atoms with Crippen molar-refractivity contribution in [3.8, 4) is 5.75 Å². The number of hydrogen-bond acceptors (Lipinski definition) is 4. The van der Waals surface area contributed by atoms with Gasteiger partial charge in [0.15, 0.2) is 0 Å².